The maximum absolute atomic E-state index is 13.3. The molecule has 2 atom stereocenters. The molecular weight excluding hydrogens is 883 g/mol. The molecule has 0 aliphatic heterocycles. The molecule has 4 aromatic heterocycles. The van der Waals surface area contributed by atoms with Gasteiger partial charge in [-0.05, 0) is 159 Å². The number of hydrogen-bond acceptors (Lipinski definition) is 8. The van der Waals surface area contributed by atoms with Gasteiger partial charge in [0.1, 0.15) is 0 Å². The van der Waals surface area contributed by atoms with Crippen LogP contribution in [0.15, 0.2) is 97.6 Å². The third-order valence-corrected chi connectivity index (χ3v) is 14.4. The van der Waals surface area contributed by atoms with E-state index >= 15 is 0 Å². The third-order valence-electron chi connectivity index (χ3n) is 14.4. The van der Waals surface area contributed by atoms with E-state index in [1.54, 1.807) is 49.1 Å². The molecule has 2 aromatic carbocycles. The van der Waals surface area contributed by atoms with Gasteiger partial charge in [-0.3, -0.25) is 19.6 Å². The van der Waals surface area contributed by atoms with Crippen molar-refractivity contribution in [3.63, 3.8) is 0 Å². The topological polar surface area (TPSA) is 104 Å². The number of Topliss-reactive ketones (excluding diaryl/α,β-unsaturated/α-hetero) is 2. The molecule has 0 amide bonds. The summed E-state index contributed by atoms with van der Waals surface area (Å²) in [5.41, 5.74) is 3.00. The molecule has 2 saturated carbocycles. The van der Waals surface area contributed by atoms with Gasteiger partial charge < -0.3 is 9.47 Å². The van der Waals surface area contributed by atoms with Crippen LogP contribution in [-0.2, 0) is 12.4 Å². The fraction of sp³-hybridized carbons (Fsp3) is 0.444. The molecule has 4 heterocycles. The first-order chi connectivity index (χ1) is 32.6. The first-order valence-electron chi connectivity index (χ1n) is 23.6. The van der Waals surface area contributed by atoms with Gasteiger partial charge in [0.25, 0.3) is 0 Å². The van der Waals surface area contributed by atoms with Gasteiger partial charge in [-0.25, -0.2) is 9.97 Å². The number of nitrogens with zero attached hydrogens (tertiary/aromatic N) is 4. The van der Waals surface area contributed by atoms with E-state index in [0.29, 0.717) is 69.4 Å². The summed E-state index contributed by atoms with van der Waals surface area (Å²) < 4.78 is 89.8. The van der Waals surface area contributed by atoms with Crippen molar-refractivity contribution in [2.45, 2.75) is 115 Å². The van der Waals surface area contributed by atoms with Gasteiger partial charge in [-0.2, -0.15) is 26.3 Å². The number of fused-ring (bicyclic) bond motifs is 2. The van der Waals surface area contributed by atoms with Crippen molar-refractivity contribution in [2.24, 2.45) is 23.7 Å². The summed E-state index contributed by atoms with van der Waals surface area (Å²) >= 11 is 0. The van der Waals surface area contributed by atoms with E-state index < -0.39 is 23.5 Å². The summed E-state index contributed by atoms with van der Waals surface area (Å²) in [5, 5.41) is 1.19. The highest BCUT2D eigenvalue weighted by atomic mass is 19.4. The van der Waals surface area contributed by atoms with Gasteiger partial charge in [0.05, 0.1) is 36.4 Å². The van der Waals surface area contributed by atoms with Crippen LogP contribution < -0.4 is 9.47 Å². The van der Waals surface area contributed by atoms with Crippen LogP contribution in [0, 0.1) is 23.7 Å². The van der Waals surface area contributed by atoms with E-state index in [4.69, 9.17) is 9.47 Å². The predicted octanol–water partition coefficient (Wildman–Crippen LogP) is 14.5. The Balaban J connectivity index is 0.000000201. The normalized spacial score (nSPS) is 19.7. The quantitative estimate of drug-likeness (QED) is 0.0786. The smallest absolute Gasteiger partial charge is 0.416 e. The number of ketones is 2. The van der Waals surface area contributed by atoms with E-state index in [0.717, 1.165) is 87.5 Å². The minimum absolute atomic E-state index is 0.0870. The molecule has 0 unspecified atom stereocenters. The van der Waals surface area contributed by atoms with Crippen molar-refractivity contribution in [3.05, 3.63) is 131 Å². The Morgan fingerprint density at radius 3 is 1.24 bits per heavy atom. The second-order valence-electron chi connectivity index (χ2n) is 18.3. The molecule has 68 heavy (non-hydrogen) atoms. The van der Waals surface area contributed by atoms with Crippen LogP contribution >= 0.6 is 0 Å². The van der Waals surface area contributed by atoms with Gasteiger partial charge in [-0.1, -0.05) is 26.7 Å². The van der Waals surface area contributed by atoms with Gasteiger partial charge in [-0.15, -0.1) is 0 Å². The number of halogens is 6. The average molecular weight is 941 g/mol. The summed E-state index contributed by atoms with van der Waals surface area (Å²) in [7, 11) is 3.08. The predicted molar refractivity (Wildman–Crippen MR) is 250 cm³/mol. The van der Waals surface area contributed by atoms with Gasteiger partial charge >= 0.3 is 12.4 Å². The average Bonchev–Trinajstić information content (AvgIpc) is 3.36. The largest absolute Gasteiger partial charge is 0.481 e. The molecule has 0 radical (unpaired) electrons. The van der Waals surface area contributed by atoms with E-state index in [-0.39, 0.29) is 35.2 Å². The first-order valence-corrected chi connectivity index (χ1v) is 23.6. The lowest BCUT2D eigenvalue weighted by Crippen LogP contribution is -2.23. The van der Waals surface area contributed by atoms with Crippen molar-refractivity contribution < 1.29 is 45.4 Å². The number of hydrogen-bond donors (Lipinski definition) is 0. The highest BCUT2D eigenvalue weighted by Gasteiger charge is 2.35. The molecule has 0 spiro atoms. The van der Waals surface area contributed by atoms with Gasteiger partial charge in [0, 0.05) is 71.7 Å². The van der Waals surface area contributed by atoms with Crippen molar-refractivity contribution in [1.29, 1.82) is 0 Å². The SMILES string of the molecule is CC[C@@H](CC(=O)c1ccc(OC)nc1)C1CCC(c2ccnc3ccc(C(F)(F)F)cc23)CC1.CC[C@H](CC(=O)c1ccc(OC)nc1)C1CCC(c2ccnc3ccc(C(F)(F)F)cc23)CC1. The third kappa shape index (κ3) is 12.0. The van der Waals surface area contributed by atoms with E-state index in [1.807, 2.05) is 12.1 Å². The van der Waals surface area contributed by atoms with Crippen molar-refractivity contribution in [2.75, 3.05) is 14.2 Å². The summed E-state index contributed by atoms with van der Waals surface area (Å²) in [4.78, 5) is 42.5. The lowest BCUT2D eigenvalue weighted by atomic mass is 9.71. The fourth-order valence-corrected chi connectivity index (χ4v) is 10.5. The zero-order valence-corrected chi connectivity index (χ0v) is 38.9. The van der Waals surface area contributed by atoms with E-state index in [1.165, 1.54) is 38.5 Å². The van der Waals surface area contributed by atoms with E-state index in [9.17, 15) is 35.9 Å². The van der Waals surface area contributed by atoms with Crippen molar-refractivity contribution in [3.8, 4) is 11.8 Å². The highest BCUT2D eigenvalue weighted by molar-refractivity contribution is 5.96. The highest BCUT2D eigenvalue weighted by Crippen LogP contribution is 2.45. The molecule has 2 aliphatic carbocycles. The Morgan fingerprint density at radius 2 is 0.926 bits per heavy atom. The molecule has 0 N–H and O–H groups in total. The molecule has 6 aromatic rings. The van der Waals surface area contributed by atoms with Crippen LogP contribution in [0.4, 0.5) is 26.3 Å². The minimum atomic E-state index is -4.38. The fourth-order valence-electron chi connectivity index (χ4n) is 10.5. The number of pyridine rings is 4. The van der Waals surface area contributed by atoms with Crippen LogP contribution in [-0.4, -0.2) is 45.7 Å². The molecule has 2 aliphatic rings. The molecule has 14 heteroatoms. The number of rotatable bonds is 14. The van der Waals surface area contributed by atoms with Gasteiger partial charge in [0.15, 0.2) is 11.6 Å². The van der Waals surface area contributed by atoms with E-state index in [2.05, 4.69) is 33.8 Å². The maximum Gasteiger partial charge on any atom is 0.416 e. The Hall–Kier alpha value is -5.92. The Kier molecular flexibility index (Phi) is 16.2. The number of ether oxygens (including phenoxy) is 2. The molecular formula is C54H58F6N4O4. The van der Waals surface area contributed by atoms with Gasteiger partial charge in [0.2, 0.25) is 11.8 Å². The second-order valence-corrected chi connectivity index (χ2v) is 18.3. The van der Waals surface area contributed by atoms with Crippen LogP contribution in [0.25, 0.3) is 21.8 Å². The van der Waals surface area contributed by atoms with Crippen molar-refractivity contribution in [1.82, 2.24) is 19.9 Å². The van der Waals surface area contributed by atoms with Crippen LogP contribution in [0.5, 0.6) is 11.8 Å². The van der Waals surface area contributed by atoms with Crippen LogP contribution in [0.3, 0.4) is 0 Å². The molecule has 8 rings (SSSR count). The Labute approximate surface area is 393 Å². The monoisotopic (exact) mass is 940 g/mol. The maximum atomic E-state index is 13.3. The molecule has 0 saturated heterocycles. The number of aromatic nitrogens is 4. The van der Waals surface area contributed by atoms with Crippen LogP contribution in [0.1, 0.15) is 146 Å². The number of carbonyl (C=O) groups is 2. The zero-order chi connectivity index (χ0) is 48.6. The molecule has 0 bridgehead atoms. The lowest BCUT2D eigenvalue weighted by Gasteiger charge is -2.34. The zero-order valence-electron chi connectivity index (χ0n) is 38.9. The van der Waals surface area contributed by atoms with Crippen LogP contribution in [0.2, 0.25) is 0 Å². The number of benzene rings is 2. The summed E-state index contributed by atoms with van der Waals surface area (Å²) in [6.45, 7) is 4.23. The second kappa shape index (κ2) is 22.0. The summed E-state index contributed by atoms with van der Waals surface area (Å²) in [6, 6.07) is 18.2. The number of alkyl halides is 6. The lowest BCUT2D eigenvalue weighted by molar-refractivity contribution is -0.138. The number of carbonyl (C=O) groups excluding carboxylic acids is 2. The Morgan fingerprint density at radius 1 is 0.544 bits per heavy atom. The molecule has 2 fully saturated rings. The minimum Gasteiger partial charge on any atom is -0.481 e. The molecule has 8 nitrogen and oxygen atoms in total. The molecule has 360 valence electrons. The summed E-state index contributed by atoms with van der Waals surface area (Å²) in [5.74, 6) is 2.94. The Bertz CT molecular complexity index is 2460. The van der Waals surface area contributed by atoms with Crippen molar-refractivity contribution >= 4 is 33.4 Å². The standard InChI is InChI=1S/2C27H29F3N2O2/c2*1-3-17(14-25(33)20-8-11-26(34-2)32-16-20)18-4-6-19(7-5-18)22-12-13-31-24-10-9-21(15-23(22)24)27(28,29)30/h2*8-13,15-19H,3-7,14H2,1-2H3/t2*17-,18?,19?/m10/s1. The first kappa shape index (κ1) is 50.0. The number of methoxy groups -OCH3 is 2. The summed E-state index contributed by atoms with van der Waals surface area (Å²) in [6.07, 6.45) is 7.96.